The van der Waals surface area contributed by atoms with E-state index >= 15 is 0 Å². The molecule has 0 aromatic heterocycles. The van der Waals surface area contributed by atoms with Crippen LogP contribution in [-0.2, 0) is 24.0 Å². The summed E-state index contributed by atoms with van der Waals surface area (Å²) in [7, 11) is 0. The van der Waals surface area contributed by atoms with Crippen molar-refractivity contribution in [2.75, 3.05) is 13.1 Å². The zero-order chi connectivity index (χ0) is 22.6. The molecule has 0 aliphatic heterocycles. The molecule has 0 saturated carbocycles. The number of nitrogens with one attached hydrogen (secondary N) is 3. The second-order valence-corrected chi connectivity index (χ2v) is 6.90. The molecule has 0 saturated heterocycles. The van der Waals surface area contributed by atoms with Gasteiger partial charge in [0, 0.05) is 0 Å². The van der Waals surface area contributed by atoms with Crippen molar-refractivity contribution in [3.63, 3.8) is 0 Å². The summed E-state index contributed by atoms with van der Waals surface area (Å²) in [5, 5.41) is 24.4. The molecule has 0 bridgehead atoms. The van der Waals surface area contributed by atoms with Gasteiger partial charge in [-0.05, 0) is 25.3 Å². The van der Waals surface area contributed by atoms with E-state index in [0.29, 0.717) is 19.4 Å². The van der Waals surface area contributed by atoms with E-state index in [0.717, 1.165) is 6.42 Å². The first-order valence-corrected chi connectivity index (χ1v) is 9.27. The SMILES string of the molecule is CC(C)C(NC(=O)C(N)CCCCN)C(=O)NCC(=O)NC(CC(=O)O)C(=O)O. The van der Waals surface area contributed by atoms with Gasteiger partial charge in [0.15, 0.2) is 0 Å². The smallest absolute Gasteiger partial charge is 0.326 e. The number of unbranched alkanes of at least 4 members (excludes halogenated alkanes) is 1. The molecule has 3 atom stereocenters. The van der Waals surface area contributed by atoms with Crippen LogP contribution in [-0.4, -0.2) is 71.1 Å². The lowest BCUT2D eigenvalue weighted by Gasteiger charge is -2.23. The van der Waals surface area contributed by atoms with Crippen LogP contribution >= 0.6 is 0 Å². The third kappa shape index (κ3) is 11.0. The highest BCUT2D eigenvalue weighted by molar-refractivity contribution is 5.93. The monoisotopic (exact) mass is 417 g/mol. The summed E-state index contributed by atoms with van der Waals surface area (Å²) in [4.78, 5) is 57.9. The van der Waals surface area contributed by atoms with E-state index in [1.54, 1.807) is 13.8 Å². The maximum Gasteiger partial charge on any atom is 0.326 e. The lowest BCUT2D eigenvalue weighted by atomic mass is 10.0. The van der Waals surface area contributed by atoms with Gasteiger partial charge in [-0.2, -0.15) is 0 Å². The number of nitrogens with two attached hydrogens (primary N) is 2. The Morgan fingerprint density at radius 3 is 2.07 bits per heavy atom. The van der Waals surface area contributed by atoms with Crippen molar-refractivity contribution in [2.45, 2.75) is 57.7 Å². The molecule has 0 rings (SSSR count). The standard InChI is InChI=1S/C17H31N5O7/c1-9(2)14(22-15(26)10(19)5-3-4-6-18)16(27)20-8-12(23)21-11(17(28)29)7-13(24)25/h9-11,14H,3-8,18-19H2,1-2H3,(H,20,27)(H,21,23)(H,22,26)(H,24,25)(H,28,29). The Morgan fingerprint density at radius 1 is 0.966 bits per heavy atom. The first-order valence-electron chi connectivity index (χ1n) is 9.27. The normalized spacial score (nSPS) is 13.8. The maximum atomic E-state index is 12.3. The van der Waals surface area contributed by atoms with Gasteiger partial charge in [-0.25, -0.2) is 4.79 Å². The molecule has 0 aromatic carbocycles. The van der Waals surface area contributed by atoms with Crippen LogP contribution in [0.1, 0.15) is 39.5 Å². The number of carboxylic acid groups (broad SMARTS) is 2. The Hall–Kier alpha value is -2.73. The van der Waals surface area contributed by atoms with Crippen molar-refractivity contribution >= 4 is 29.7 Å². The van der Waals surface area contributed by atoms with Crippen molar-refractivity contribution in [3.05, 3.63) is 0 Å². The quantitative estimate of drug-likeness (QED) is 0.152. The minimum absolute atomic E-state index is 0.308. The van der Waals surface area contributed by atoms with Crippen LogP contribution in [0, 0.1) is 5.92 Å². The molecule has 12 nitrogen and oxygen atoms in total. The predicted octanol–water partition coefficient (Wildman–Crippen LogP) is -2.26. The molecule has 0 fully saturated rings. The molecule has 12 heteroatoms. The van der Waals surface area contributed by atoms with Crippen molar-refractivity contribution in [2.24, 2.45) is 17.4 Å². The van der Waals surface area contributed by atoms with E-state index in [-0.39, 0.29) is 5.92 Å². The summed E-state index contributed by atoms with van der Waals surface area (Å²) >= 11 is 0. The Balaban J connectivity index is 4.70. The van der Waals surface area contributed by atoms with Crippen LogP contribution in [0.5, 0.6) is 0 Å². The summed E-state index contributed by atoms with van der Waals surface area (Å²) in [6, 6.07) is -3.37. The highest BCUT2D eigenvalue weighted by atomic mass is 16.4. The Labute approximate surface area is 168 Å². The van der Waals surface area contributed by atoms with E-state index in [1.807, 2.05) is 5.32 Å². The van der Waals surface area contributed by atoms with Gasteiger partial charge >= 0.3 is 11.9 Å². The zero-order valence-corrected chi connectivity index (χ0v) is 16.6. The topological polar surface area (TPSA) is 214 Å². The number of rotatable bonds is 14. The summed E-state index contributed by atoms with van der Waals surface area (Å²) in [6.45, 7) is 3.29. The lowest BCUT2D eigenvalue weighted by molar-refractivity contribution is -0.147. The summed E-state index contributed by atoms with van der Waals surface area (Å²) in [6.07, 6.45) is 1.01. The molecule has 0 aliphatic rings. The average Bonchev–Trinajstić information content (AvgIpc) is 2.62. The van der Waals surface area contributed by atoms with E-state index in [2.05, 4.69) is 10.6 Å². The van der Waals surface area contributed by atoms with Crippen LogP contribution in [0.15, 0.2) is 0 Å². The fourth-order valence-corrected chi connectivity index (χ4v) is 2.33. The first-order chi connectivity index (χ1) is 13.5. The molecule has 0 aromatic rings. The van der Waals surface area contributed by atoms with Gasteiger partial charge in [-0.15, -0.1) is 0 Å². The molecular weight excluding hydrogens is 386 g/mol. The highest BCUT2D eigenvalue weighted by Crippen LogP contribution is 2.04. The van der Waals surface area contributed by atoms with E-state index < -0.39 is 60.8 Å². The summed E-state index contributed by atoms with van der Waals surface area (Å²) in [5.41, 5.74) is 11.2. The largest absolute Gasteiger partial charge is 0.481 e. The Morgan fingerprint density at radius 2 is 1.59 bits per heavy atom. The second kappa shape index (κ2) is 13.4. The number of hydrogen-bond acceptors (Lipinski definition) is 7. The molecular formula is C17H31N5O7. The predicted molar refractivity (Wildman–Crippen MR) is 102 cm³/mol. The Kier molecular flexibility index (Phi) is 12.2. The number of carbonyl (C=O) groups excluding carboxylic acids is 3. The van der Waals surface area contributed by atoms with Crippen LogP contribution in [0.4, 0.5) is 0 Å². The summed E-state index contributed by atoms with van der Waals surface area (Å²) < 4.78 is 0. The van der Waals surface area contributed by atoms with Gasteiger partial charge in [0.2, 0.25) is 17.7 Å². The van der Waals surface area contributed by atoms with E-state index in [9.17, 15) is 24.0 Å². The molecule has 166 valence electrons. The number of aliphatic carboxylic acids is 2. The van der Waals surface area contributed by atoms with Crippen molar-refractivity contribution in [1.29, 1.82) is 0 Å². The minimum Gasteiger partial charge on any atom is -0.481 e. The third-order valence-corrected chi connectivity index (χ3v) is 3.99. The fraction of sp³-hybridized carbons (Fsp3) is 0.706. The average molecular weight is 417 g/mol. The van der Waals surface area contributed by atoms with Crippen molar-refractivity contribution < 1.29 is 34.2 Å². The highest BCUT2D eigenvalue weighted by Gasteiger charge is 2.27. The lowest BCUT2D eigenvalue weighted by Crippen LogP contribution is -2.55. The van der Waals surface area contributed by atoms with Gasteiger partial charge in [-0.1, -0.05) is 20.3 Å². The van der Waals surface area contributed by atoms with Gasteiger partial charge in [-0.3, -0.25) is 19.2 Å². The van der Waals surface area contributed by atoms with Crippen LogP contribution < -0.4 is 27.4 Å². The van der Waals surface area contributed by atoms with Gasteiger partial charge in [0.25, 0.3) is 0 Å². The molecule has 0 radical (unpaired) electrons. The van der Waals surface area contributed by atoms with E-state index in [1.165, 1.54) is 0 Å². The number of hydrogen-bond donors (Lipinski definition) is 7. The maximum absolute atomic E-state index is 12.3. The third-order valence-electron chi connectivity index (χ3n) is 3.99. The first kappa shape index (κ1) is 26.3. The van der Waals surface area contributed by atoms with Crippen molar-refractivity contribution in [3.8, 4) is 0 Å². The molecule has 3 unspecified atom stereocenters. The van der Waals surface area contributed by atoms with Gasteiger partial charge < -0.3 is 37.6 Å². The Bertz CT molecular complexity index is 597. The minimum atomic E-state index is -1.62. The molecule has 0 aliphatic carbocycles. The molecule has 0 spiro atoms. The molecule has 0 heterocycles. The number of carbonyl (C=O) groups is 5. The molecule has 29 heavy (non-hydrogen) atoms. The van der Waals surface area contributed by atoms with Gasteiger partial charge in [0.1, 0.15) is 12.1 Å². The number of amides is 3. The van der Waals surface area contributed by atoms with Crippen LogP contribution in [0.2, 0.25) is 0 Å². The zero-order valence-electron chi connectivity index (χ0n) is 16.6. The summed E-state index contributed by atoms with van der Waals surface area (Å²) in [5.74, 6) is -5.25. The van der Waals surface area contributed by atoms with Crippen LogP contribution in [0.25, 0.3) is 0 Å². The molecule has 9 N–H and O–H groups in total. The molecule has 3 amide bonds. The van der Waals surface area contributed by atoms with Crippen LogP contribution in [0.3, 0.4) is 0 Å². The number of carboxylic acids is 2. The van der Waals surface area contributed by atoms with Crippen molar-refractivity contribution in [1.82, 2.24) is 16.0 Å². The fourth-order valence-electron chi connectivity index (χ4n) is 2.33. The second-order valence-electron chi connectivity index (χ2n) is 6.90. The van der Waals surface area contributed by atoms with E-state index in [4.69, 9.17) is 21.7 Å². The van der Waals surface area contributed by atoms with Gasteiger partial charge in [0.05, 0.1) is 19.0 Å².